The van der Waals surface area contributed by atoms with Crippen LogP contribution in [0.1, 0.15) is 12.0 Å². The minimum absolute atomic E-state index is 0.102. The Labute approximate surface area is 134 Å². The van der Waals surface area contributed by atoms with Crippen molar-refractivity contribution in [1.82, 2.24) is 4.72 Å². The van der Waals surface area contributed by atoms with Gasteiger partial charge in [0.1, 0.15) is 0 Å². The Hall–Kier alpha value is -1.97. The quantitative estimate of drug-likeness (QED) is 0.522. The first-order valence-electron chi connectivity index (χ1n) is 6.89. The number of aliphatic carboxylic acids is 1. The maximum atomic E-state index is 11.7. The minimum atomic E-state index is -3.52. The number of benzene rings is 1. The summed E-state index contributed by atoms with van der Waals surface area (Å²) in [6.45, 7) is -0.0397. The third kappa shape index (κ3) is 8.29. The molecule has 0 bridgehead atoms. The van der Waals surface area contributed by atoms with Crippen LogP contribution in [-0.4, -0.2) is 51.4 Å². The lowest BCUT2D eigenvalue weighted by Crippen LogP contribution is -2.34. The van der Waals surface area contributed by atoms with Crippen LogP contribution in [0.3, 0.4) is 0 Å². The van der Waals surface area contributed by atoms with E-state index in [1.165, 1.54) is 7.11 Å². The number of methoxy groups -OCH3 is 1. The molecule has 0 spiro atoms. The molecule has 1 aromatic carbocycles. The lowest BCUT2D eigenvalue weighted by atomic mass is 10.1. The molecule has 0 aliphatic rings. The van der Waals surface area contributed by atoms with Gasteiger partial charge in [0.05, 0.1) is 18.7 Å². The van der Waals surface area contributed by atoms with Gasteiger partial charge in [-0.25, -0.2) is 13.1 Å². The van der Waals surface area contributed by atoms with Crippen LogP contribution in [0.4, 0.5) is 5.69 Å². The molecule has 1 rings (SSSR count). The number of carbonyl (C=O) groups is 2. The van der Waals surface area contributed by atoms with Gasteiger partial charge in [0.2, 0.25) is 15.9 Å². The molecule has 0 aromatic heterocycles. The highest BCUT2D eigenvalue weighted by Gasteiger charge is 2.12. The first-order valence-corrected chi connectivity index (χ1v) is 8.54. The summed E-state index contributed by atoms with van der Waals surface area (Å²) in [5, 5.41) is 11.2. The SMILES string of the molecule is COCCCS(=O)(=O)NCC(=O)Nc1ccc(CC(=O)O)cc1. The molecule has 1 amide bonds. The number of carbonyl (C=O) groups excluding carboxylic acids is 1. The van der Waals surface area contributed by atoms with Crippen molar-refractivity contribution in [2.45, 2.75) is 12.8 Å². The standard InChI is InChI=1S/C14H20N2O6S/c1-22-7-2-8-23(20,21)15-10-13(17)16-12-5-3-11(4-6-12)9-14(18)19/h3-6,15H,2,7-10H2,1H3,(H,16,17)(H,18,19). The van der Waals surface area contributed by atoms with Crippen molar-refractivity contribution >= 4 is 27.6 Å². The van der Waals surface area contributed by atoms with Crippen molar-refractivity contribution in [2.75, 3.05) is 31.3 Å². The maximum Gasteiger partial charge on any atom is 0.307 e. The summed E-state index contributed by atoms with van der Waals surface area (Å²) in [7, 11) is -2.04. The maximum absolute atomic E-state index is 11.7. The average molecular weight is 344 g/mol. The zero-order valence-electron chi connectivity index (χ0n) is 12.7. The van der Waals surface area contributed by atoms with E-state index < -0.39 is 21.9 Å². The van der Waals surface area contributed by atoms with Crippen molar-refractivity contribution in [3.05, 3.63) is 29.8 Å². The molecule has 3 N–H and O–H groups in total. The van der Waals surface area contributed by atoms with E-state index in [1.807, 2.05) is 0 Å². The van der Waals surface area contributed by atoms with Crippen LogP contribution < -0.4 is 10.0 Å². The number of ether oxygens (including phenoxy) is 1. The van der Waals surface area contributed by atoms with E-state index in [1.54, 1.807) is 24.3 Å². The number of amides is 1. The Morgan fingerprint density at radius 2 is 1.87 bits per heavy atom. The smallest absolute Gasteiger partial charge is 0.307 e. The second kappa shape index (κ2) is 9.23. The number of rotatable bonds is 10. The lowest BCUT2D eigenvalue weighted by molar-refractivity contribution is -0.136. The Bertz CT molecular complexity index is 627. The predicted molar refractivity (Wildman–Crippen MR) is 84.7 cm³/mol. The van der Waals surface area contributed by atoms with E-state index in [0.717, 1.165) is 0 Å². The molecule has 0 heterocycles. The molecule has 128 valence electrons. The van der Waals surface area contributed by atoms with Gasteiger partial charge in [-0.1, -0.05) is 12.1 Å². The monoisotopic (exact) mass is 344 g/mol. The average Bonchev–Trinajstić information content (AvgIpc) is 2.47. The van der Waals surface area contributed by atoms with E-state index in [2.05, 4.69) is 10.0 Å². The molecule has 0 fully saturated rings. The molecule has 0 aliphatic carbocycles. The van der Waals surface area contributed by atoms with E-state index >= 15 is 0 Å². The van der Waals surface area contributed by atoms with Crippen molar-refractivity contribution < 1.29 is 27.9 Å². The van der Waals surface area contributed by atoms with Crippen LogP contribution in [0.15, 0.2) is 24.3 Å². The Kier molecular flexibility index (Phi) is 7.66. The van der Waals surface area contributed by atoms with Crippen LogP contribution in [-0.2, 0) is 30.8 Å². The third-order valence-electron chi connectivity index (χ3n) is 2.81. The van der Waals surface area contributed by atoms with Gasteiger partial charge in [0.25, 0.3) is 0 Å². The molecule has 1 aromatic rings. The van der Waals surface area contributed by atoms with Crippen molar-refractivity contribution in [3.63, 3.8) is 0 Å². The van der Waals surface area contributed by atoms with E-state index in [-0.39, 0.29) is 18.7 Å². The molecule has 0 saturated heterocycles. The molecule has 0 aliphatic heterocycles. The summed E-state index contributed by atoms with van der Waals surface area (Å²) < 4.78 is 30.2. The molecule has 8 nitrogen and oxygen atoms in total. The third-order valence-corrected chi connectivity index (χ3v) is 4.22. The number of nitrogens with one attached hydrogen (secondary N) is 2. The summed E-state index contributed by atoms with van der Waals surface area (Å²) in [6, 6.07) is 6.28. The summed E-state index contributed by atoms with van der Waals surface area (Å²) in [5.41, 5.74) is 1.07. The van der Waals surface area contributed by atoms with Crippen molar-refractivity contribution in [3.8, 4) is 0 Å². The highest BCUT2D eigenvalue weighted by Crippen LogP contribution is 2.10. The highest BCUT2D eigenvalue weighted by molar-refractivity contribution is 7.89. The summed E-state index contributed by atoms with van der Waals surface area (Å²) >= 11 is 0. The van der Waals surface area contributed by atoms with Crippen molar-refractivity contribution in [2.24, 2.45) is 0 Å². The second-order valence-electron chi connectivity index (χ2n) is 4.80. The predicted octanol–water partition coefficient (Wildman–Crippen LogP) is 0.208. The Morgan fingerprint density at radius 1 is 1.22 bits per heavy atom. The lowest BCUT2D eigenvalue weighted by Gasteiger charge is -2.08. The summed E-state index contributed by atoms with van der Waals surface area (Å²) in [4.78, 5) is 22.3. The molecule has 0 radical (unpaired) electrons. The summed E-state index contributed by atoms with van der Waals surface area (Å²) in [5.74, 6) is -1.56. The van der Waals surface area contributed by atoms with E-state index in [0.29, 0.717) is 24.3 Å². The molecular formula is C14H20N2O6S. The largest absolute Gasteiger partial charge is 0.481 e. The second-order valence-corrected chi connectivity index (χ2v) is 6.73. The van der Waals surface area contributed by atoms with Gasteiger partial charge in [-0.3, -0.25) is 9.59 Å². The molecule has 0 unspecified atom stereocenters. The number of hydrogen-bond acceptors (Lipinski definition) is 5. The fourth-order valence-corrected chi connectivity index (χ4v) is 2.72. The van der Waals surface area contributed by atoms with E-state index in [9.17, 15) is 18.0 Å². The number of anilines is 1. The summed E-state index contributed by atoms with van der Waals surface area (Å²) in [6.07, 6.45) is 0.244. The van der Waals surface area contributed by atoms with Gasteiger partial charge in [-0.2, -0.15) is 0 Å². The van der Waals surface area contributed by atoms with Gasteiger partial charge in [0.15, 0.2) is 0 Å². The van der Waals surface area contributed by atoms with E-state index in [4.69, 9.17) is 9.84 Å². The minimum Gasteiger partial charge on any atom is -0.481 e. The topological polar surface area (TPSA) is 122 Å². The Balaban J connectivity index is 2.43. The van der Waals surface area contributed by atoms with Crippen LogP contribution in [0.25, 0.3) is 0 Å². The zero-order valence-corrected chi connectivity index (χ0v) is 13.6. The number of sulfonamides is 1. The van der Waals surface area contributed by atoms with Gasteiger partial charge in [-0.05, 0) is 24.1 Å². The molecule has 23 heavy (non-hydrogen) atoms. The molecule has 0 atom stereocenters. The fourth-order valence-electron chi connectivity index (χ4n) is 1.73. The van der Waals surface area contributed by atoms with Crippen LogP contribution in [0.2, 0.25) is 0 Å². The number of carboxylic acids is 1. The highest BCUT2D eigenvalue weighted by atomic mass is 32.2. The zero-order chi connectivity index (χ0) is 17.3. The van der Waals surface area contributed by atoms with Gasteiger partial charge in [0, 0.05) is 19.4 Å². The Morgan fingerprint density at radius 3 is 2.43 bits per heavy atom. The van der Waals surface area contributed by atoms with Crippen LogP contribution in [0, 0.1) is 0 Å². The van der Waals surface area contributed by atoms with Crippen LogP contribution in [0.5, 0.6) is 0 Å². The first-order chi connectivity index (χ1) is 10.8. The molecular weight excluding hydrogens is 324 g/mol. The van der Waals surface area contributed by atoms with Crippen LogP contribution >= 0.6 is 0 Å². The number of carboxylic acid groups (broad SMARTS) is 1. The molecule has 9 heteroatoms. The molecule has 0 saturated carbocycles. The van der Waals surface area contributed by atoms with Gasteiger partial charge < -0.3 is 15.2 Å². The van der Waals surface area contributed by atoms with Crippen molar-refractivity contribution in [1.29, 1.82) is 0 Å². The number of hydrogen-bond donors (Lipinski definition) is 3. The first kappa shape index (κ1) is 19.1. The van der Waals surface area contributed by atoms with Gasteiger partial charge in [-0.15, -0.1) is 0 Å². The normalized spacial score (nSPS) is 11.2. The fraction of sp³-hybridized carbons (Fsp3) is 0.429. The van der Waals surface area contributed by atoms with Gasteiger partial charge >= 0.3 is 5.97 Å².